The molecule has 1 aromatic carbocycles. The van der Waals surface area contributed by atoms with E-state index in [1.165, 1.54) is 12.1 Å². The number of aryl methyl sites for hydroxylation is 3. The number of aliphatic imine (C=N–C) groups is 1. The van der Waals surface area contributed by atoms with Gasteiger partial charge in [-0.3, -0.25) is 15.1 Å². The lowest BCUT2D eigenvalue weighted by molar-refractivity contribution is -0.384. The van der Waals surface area contributed by atoms with Crippen molar-refractivity contribution in [2.75, 3.05) is 0 Å². The third-order valence-corrected chi connectivity index (χ3v) is 2.81. The molecular formula is C14H14N2O3. The number of benzene rings is 1. The molecule has 0 saturated carbocycles. The number of furan rings is 1. The Hall–Kier alpha value is -2.43. The van der Waals surface area contributed by atoms with Gasteiger partial charge in [0.05, 0.1) is 10.6 Å². The Morgan fingerprint density at radius 1 is 1.26 bits per heavy atom. The highest BCUT2D eigenvalue weighted by atomic mass is 16.6. The molecule has 0 radical (unpaired) electrons. The van der Waals surface area contributed by atoms with Gasteiger partial charge in [0, 0.05) is 23.9 Å². The van der Waals surface area contributed by atoms with Crippen LogP contribution in [0.25, 0.3) is 0 Å². The van der Waals surface area contributed by atoms with Crippen LogP contribution in [-0.4, -0.2) is 11.1 Å². The van der Waals surface area contributed by atoms with E-state index in [1.54, 1.807) is 19.2 Å². The molecule has 19 heavy (non-hydrogen) atoms. The minimum Gasteiger partial charge on any atom is -0.466 e. The molecule has 5 nitrogen and oxygen atoms in total. The smallest absolute Gasteiger partial charge is 0.269 e. The van der Waals surface area contributed by atoms with Crippen LogP contribution < -0.4 is 0 Å². The lowest BCUT2D eigenvalue weighted by Crippen LogP contribution is -1.88. The fourth-order valence-corrected chi connectivity index (χ4v) is 1.82. The van der Waals surface area contributed by atoms with E-state index in [0.29, 0.717) is 5.69 Å². The first kappa shape index (κ1) is 13.0. The summed E-state index contributed by atoms with van der Waals surface area (Å²) in [6.07, 6.45) is 1.71. The Morgan fingerprint density at radius 3 is 2.53 bits per heavy atom. The van der Waals surface area contributed by atoms with Crippen molar-refractivity contribution in [2.45, 2.75) is 20.8 Å². The van der Waals surface area contributed by atoms with E-state index in [-0.39, 0.29) is 5.69 Å². The van der Waals surface area contributed by atoms with Gasteiger partial charge in [0.2, 0.25) is 0 Å². The van der Waals surface area contributed by atoms with Gasteiger partial charge in [-0.25, -0.2) is 0 Å². The average Bonchev–Trinajstić information content (AvgIpc) is 2.66. The Bertz CT molecular complexity index is 657. The summed E-state index contributed by atoms with van der Waals surface area (Å²) in [4.78, 5) is 14.6. The summed E-state index contributed by atoms with van der Waals surface area (Å²) in [5.74, 6) is 1.64. The van der Waals surface area contributed by atoms with Crippen molar-refractivity contribution in [3.8, 4) is 0 Å². The minimum absolute atomic E-state index is 0.0757. The quantitative estimate of drug-likeness (QED) is 0.476. The zero-order chi connectivity index (χ0) is 14.0. The van der Waals surface area contributed by atoms with Gasteiger partial charge in [-0.1, -0.05) is 0 Å². The maximum atomic E-state index is 10.6. The van der Waals surface area contributed by atoms with Gasteiger partial charge < -0.3 is 4.42 Å². The molecule has 0 aliphatic heterocycles. The molecular weight excluding hydrogens is 244 g/mol. The van der Waals surface area contributed by atoms with E-state index in [1.807, 2.05) is 19.9 Å². The second kappa shape index (κ2) is 5.06. The van der Waals surface area contributed by atoms with Gasteiger partial charge in [0.25, 0.3) is 5.69 Å². The third-order valence-electron chi connectivity index (χ3n) is 2.81. The summed E-state index contributed by atoms with van der Waals surface area (Å²) in [6, 6.07) is 6.51. The zero-order valence-corrected chi connectivity index (χ0v) is 11.0. The lowest BCUT2D eigenvalue weighted by atomic mass is 10.2. The second-order valence-electron chi connectivity index (χ2n) is 4.35. The van der Waals surface area contributed by atoms with Gasteiger partial charge in [-0.05, 0) is 38.5 Å². The number of rotatable bonds is 3. The van der Waals surface area contributed by atoms with Crippen molar-refractivity contribution in [2.24, 2.45) is 4.99 Å². The maximum absolute atomic E-state index is 10.6. The number of nitro groups is 1. The molecule has 0 bridgehead atoms. The number of hydrogen-bond acceptors (Lipinski definition) is 4. The zero-order valence-electron chi connectivity index (χ0n) is 11.0. The molecule has 0 saturated heterocycles. The predicted molar refractivity (Wildman–Crippen MR) is 73.3 cm³/mol. The van der Waals surface area contributed by atoms with E-state index >= 15 is 0 Å². The molecule has 1 heterocycles. The van der Waals surface area contributed by atoms with Crippen molar-refractivity contribution >= 4 is 17.6 Å². The number of hydrogen-bond donors (Lipinski definition) is 0. The van der Waals surface area contributed by atoms with E-state index in [4.69, 9.17) is 4.42 Å². The van der Waals surface area contributed by atoms with Crippen molar-refractivity contribution in [1.29, 1.82) is 0 Å². The van der Waals surface area contributed by atoms with E-state index in [9.17, 15) is 10.1 Å². The lowest BCUT2D eigenvalue weighted by Gasteiger charge is -1.99. The molecule has 2 aromatic rings. The Balaban J connectivity index is 2.29. The summed E-state index contributed by atoms with van der Waals surface area (Å²) >= 11 is 0. The molecule has 0 amide bonds. The van der Waals surface area contributed by atoms with Crippen LogP contribution in [0.2, 0.25) is 0 Å². The van der Waals surface area contributed by atoms with Crippen LogP contribution in [0.15, 0.2) is 33.7 Å². The largest absolute Gasteiger partial charge is 0.466 e. The fourth-order valence-electron chi connectivity index (χ4n) is 1.82. The molecule has 2 rings (SSSR count). The Kier molecular flexibility index (Phi) is 3.46. The molecule has 1 aromatic heterocycles. The molecule has 0 spiro atoms. The topological polar surface area (TPSA) is 68.6 Å². The standard InChI is InChI=1S/C14H14N2O3/c1-9-6-13(16(17)18)4-5-14(9)15-8-12-7-10(2)19-11(12)3/h4-8H,1-3H3. The molecule has 0 aliphatic rings. The summed E-state index contributed by atoms with van der Waals surface area (Å²) in [6.45, 7) is 5.55. The molecule has 0 unspecified atom stereocenters. The maximum Gasteiger partial charge on any atom is 0.269 e. The second-order valence-corrected chi connectivity index (χ2v) is 4.35. The summed E-state index contributed by atoms with van der Waals surface area (Å²) < 4.78 is 5.40. The fraction of sp³-hybridized carbons (Fsp3) is 0.214. The first-order valence-corrected chi connectivity index (χ1v) is 5.83. The molecule has 5 heteroatoms. The number of non-ortho nitro benzene ring substituents is 1. The highest BCUT2D eigenvalue weighted by Gasteiger charge is 2.07. The monoisotopic (exact) mass is 258 g/mol. The van der Waals surface area contributed by atoms with E-state index < -0.39 is 4.92 Å². The van der Waals surface area contributed by atoms with Crippen molar-refractivity contribution in [3.63, 3.8) is 0 Å². The van der Waals surface area contributed by atoms with E-state index in [0.717, 1.165) is 22.6 Å². The molecule has 98 valence electrons. The third kappa shape index (κ3) is 2.88. The summed E-state index contributed by atoms with van der Waals surface area (Å²) in [5, 5.41) is 10.6. The van der Waals surface area contributed by atoms with E-state index in [2.05, 4.69) is 4.99 Å². The predicted octanol–water partition coefficient (Wildman–Crippen LogP) is 3.86. The van der Waals surface area contributed by atoms with Crippen LogP contribution in [0.3, 0.4) is 0 Å². The summed E-state index contributed by atoms with van der Waals surface area (Å²) in [5.41, 5.74) is 2.47. The van der Waals surface area contributed by atoms with Crippen LogP contribution in [0, 0.1) is 30.9 Å². The highest BCUT2D eigenvalue weighted by Crippen LogP contribution is 2.24. The highest BCUT2D eigenvalue weighted by molar-refractivity contribution is 5.83. The SMILES string of the molecule is Cc1cc(C=Nc2ccc([N+](=O)[O-])cc2C)c(C)o1. The van der Waals surface area contributed by atoms with Crippen LogP contribution in [0.4, 0.5) is 11.4 Å². The minimum atomic E-state index is -0.413. The Morgan fingerprint density at radius 2 is 2.00 bits per heavy atom. The van der Waals surface area contributed by atoms with Crippen LogP contribution in [0.1, 0.15) is 22.6 Å². The number of nitro benzene ring substituents is 1. The van der Waals surface area contributed by atoms with Gasteiger partial charge in [0.1, 0.15) is 11.5 Å². The van der Waals surface area contributed by atoms with Gasteiger partial charge in [-0.2, -0.15) is 0 Å². The van der Waals surface area contributed by atoms with Gasteiger partial charge in [0.15, 0.2) is 0 Å². The van der Waals surface area contributed by atoms with Crippen LogP contribution in [0.5, 0.6) is 0 Å². The first-order chi connectivity index (χ1) is 8.97. The molecule has 0 fully saturated rings. The van der Waals surface area contributed by atoms with Gasteiger partial charge in [-0.15, -0.1) is 0 Å². The Labute approximate surface area is 110 Å². The molecule has 0 aliphatic carbocycles. The van der Waals surface area contributed by atoms with Crippen molar-refractivity contribution in [1.82, 2.24) is 0 Å². The normalized spacial score (nSPS) is 11.1. The van der Waals surface area contributed by atoms with Crippen LogP contribution >= 0.6 is 0 Å². The summed E-state index contributed by atoms with van der Waals surface area (Å²) in [7, 11) is 0. The molecule has 0 N–H and O–H groups in total. The first-order valence-electron chi connectivity index (χ1n) is 5.83. The molecule has 0 atom stereocenters. The van der Waals surface area contributed by atoms with Crippen LogP contribution in [-0.2, 0) is 0 Å². The van der Waals surface area contributed by atoms with Crippen molar-refractivity contribution < 1.29 is 9.34 Å². The van der Waals surface area contributed by atoms with Gasteiger partial charge >= 0.3 is 0 Å². The number of nitrogens with zero attached hydrogens (tertiary/aromatic N) is 2. The average molecular weight is 258 g/mol. The van der Waals surface area contributed by atoms with Crippen molar-refractivity contribution in [3.05, 3.63) is 57.0 Å².